The van der Waals surface area contributed by atoms with Crippen LogP contribution >= 0.6 is 11.8 Å². The van der Waals surface area contributed by atoms with Crippen LogP contribution in [0.5, 0.6) is 0 Å². The van der Waals surface area contributed by atoms with Gasteiger partial charge in [0.15, 0.2) is 0 Å². The number of carbonyl (C=O) groups excluding carboxylic acids is 1. The second-order valence-corrected chi connectivity index (χ2v) is 7.68. The van der Waals surface area contributed by atoms with Crippen molar-refractivity contribution in [3.8, 4) is 0 Å². The molecule has 1 saturated heterocycles. The molecule has 0 aromatic carbocycles. The van der Waals surface area contributed by atoms with E-state index in [1.54, 1.807) is 0 Å². The van der Waals surface area contributed by atoms with Crippen LogP contribution in [0.2, 0.25) is 0 Å². The molecule has 0 bridgehead atoms. The van der Waals surface area contributed by atoms with E-state index in [1.165, 1.54) is 45.6 Å². The summed E-state index contributed by atoms with van der Waals surface area (Å²) in [5.74, 6) is -0.0977. The van der Waals surface area contributed by atoms with Gasteiger partial charge in [-0.15, -0.1) is 0 Å². The van der Waals surface area contributed by atoms with Gasteiger partial charge in [-0.25, -0.2) is 0 Å². The van der Waals surface area contributed by atoms with E-state index in [2.05, 4.69) is 6.92 Å². The molecule has 2 fully saturated rings. The maximum atomic E-state index is 11.3. The lowest BCUT2D eigenvalue weighted by Crippen LogP contribution is -2.42. The van der Waals surface area contributed by atoms with Gasteiger partial charge in [-0.05, 0) is 25.7 Å². The van der Waals surface area contributed by atoms with E-state index in [0.717, 1.165) is 13.0 Å². The number of ether oxygens (including phenoxy) is 2. The number of hydrogen-bond acceptors (Lipinski definition) is 4. The summed E-state index contributed by atoms with van der Waals surface area (Å²) >= 11 is 1.95. The first-order valence-corrected chi connectivity index (χ1v) is 8.44. The van der Waals surface area contributed by atoms with Gasteiger partial charge in [0.05, 0.1) is 19.1 Å². The quantitative estimate of drug-likeness (QED) is 0.740. The maximum absolute atomic E-state index is 11.3. The largest absolute Gasteiger partial charge is 0.469 e. The molecular formula is C15H26O3S. The van der Waals surface area contributed by atoms with Crippen molar-refractivity contribution in [3.05, 3.63) is 0 Å². The van der Waals surface area contributed by atoms with Gasteiger partial charge in [0, 0.05) is 17.1 Å². The Kier molecular flexibility index (Phi) is 5.58. The molecule has 19 heavy (non-hydrogen) atoms. The molecule has 0 radical (unpaired) electrons. The monoisotopic (exact) mass is 286 g/mol. The van der Waals surface area contributed by atoms with Gasteiger partial charge in [-0.2, -0.15) is 11.8 Å². The third-order valence-corrected chi connectivity index (χ3v) is 5.74. The van der Waals surface area contributed by atoms with Crippen molar-refractivity contribution in [2.75, 3.05) is 13.7 Å². The molecule has 110 valence electrons. The fourth-order valence-corrected chi connectivity index (χ4v) is 4.86. The highest BCUT2D eigenvalue weighted by atomic mass is 32.2. The number of esters is 1. The fraction of sp³-hybridized carbons (Fsp3) is 0.933. The van der Waals surface area contributed by atoms with E-state index < -0.39 is 0 Å². The first-order valence-electron chi connectivity index (χ1n) is 7.50. The Bertz CT molecular complexity index is 294. The minimum atomic E-state index is -0.0977. The topological polar surface area (TPSA) is 35.5 Å². The van der Waals surface area contributed by atoms with Crippen molar-refractivity contribution in [2.45, 2.75) is 74.4 Å². The van der Waals surface area contributed by atoms with Crippen molar-refractivity contribution in [2.24, 2.45) is 0 Å². The average Bonchev–Trinajstić information content (AvgIpc) is 2.39. The molecule has 2 atom stereocenters. The van der Waals surface area contributed by atoms with Gasteiger partial charge >= 0.3 is 5.97 Å². The summed E-state index contributed by atoms with van der Waals surface area (Å²) in [7, 11) is 1.46. The van der Waals surface area contributed by atoms with Gasteiger partial charge < -0.3 is 9.47 Å². The molecule has 1 aliphatic carbocycles. The first kappa shape index (κ1) is 15.2. The van der Waals surface area contributed by atoms with Crippen molar-refractivity contribution in [3.63, 3.8) is 0 Å². The molecular weight excluding hydrogens is 260 g/mol. The average molecular weight is 286 g/mol. The molecule has 1 heterocycles. The van der Waals surface area contributed by atoms with Crippen LogP contribution in [0.4, 0.5) is 0 Å². The smallest absolute Gasteiger partial charge is 0.306 e. The zero-order valence-electron chi connectivity index (χ0n) is 12.2. The molecule has 0 amide bonds. The predicted octanol–water partition coefficient (Wildman–Crippen LogP) is 3.55. The fourth-order valence-electron chi connectivity index (χ4n) is 3.34. The van der Waals surface area contributed by atoms with Gasteiger partial charge in [-0.3, -0.25) is 4.79 Å². The molecule has 0 aromatic rings. The van der Waals surface area contributed by atoms with Crippen LogP contribution < -0.4 is 0 Å². The maximum Gasteiger partial charge on any atom is 0.306 e. The van der Waals surface area contributed by atoms with Crippen molar-refractivity contribution in [1.29, 1.82) is 0 Å². The highest BCUT2D eigenvalue weighted by Crippen LogP contribution is 2.42. The summed E-state index contributed by atoms with van der Waals surface area (Å²) in [6, 6.07) is 0. The summed E-state index contributed by atoms with van der Waals surface area (Å²) in [5.41, 5.74) is 0.166. The molecule has 3 nitrogen and oxygen atoms in total. The van der Waals surface area contributed by atoms with Crippen LogP contribution in [-0.4, -0.2) is 35.8 Å². The number of thioether (sulfide) groups is 1. The third kappa shape index (κ3) is 4.38. The zero-order chi connectivity index (χ0) is 13.7. The number of carbonyl (C=O) groups is 1. The molecule has 2 rings (SSSR count). The van der Waals surface area contributed by atoms with Gasteiger partial charge in [0.25, 0.3) is 0 Å². The van der Waals surface area contributed by atoms with E-state index in [0.29, 0.717) is 16.9 Å². The molecule has 2 aliphatic rings. The van der Waals surface area contributed by atoms with Crippen molar-refractivity contribution >= 4 is 17.7 Å². The van der Waals surface area contributed by atoms with Crippen LogP contribution in [0.3, 0.4) is 0 Å². The van der Waals surface area contributed by atoms with E-state index >= 15 is 0 Å². The van der Waals surface area contributed by atoms with Crippen LogP contribution in [0, 0.1) is 0 Å². The Hall–Kier alpha value is -0.220. The van der Waals surface area contributed by atoms with E-state index in [4.69, 9.17) is 9.47 Å². The second kappa shape index (κ2) is 6.98. The third-order valence-electron chi connectivity index (χ3n) is 4.32. The van der Waals surface area contributed by atoms with Gasteiger partial charge in [0.1, 0.15) is 0 Å². The Morgan fingerprint density at radius 3 is 2.84 bits per heavy atom. The number of hydrogen-bond donors (Lipinski definition) is 0. The van der Waals surface area contributed by atoms with Crippen LogP contribution in [-0.2, 0) is 14.3 Å². The van der Waals surface area contributed by atoms with Crippen molar-refractivity contribution in [1.82, 2.24) is 0 Å². The van der Waals surface area contributed by atoms with Crippen molar-refractivity contribution < 1.29 is 14.3 Å². The minimum absolute atomic E-state index is 0.0977. The molecule has 0 aromatic heterocycles. The molecule has 1 spiro atoms. The van der Waals surface area contributed by atoms with Gasteiger partial charge in [0.2, 0.25) is 0 Å². The lowest BCUT2D eigenvalue weighted by Gasteiger charge is -2.43. The standard InChI is InChI=1S/C15H26O3S/c1-12(10-14(16)17-2)19-13-6-9-18-15(11-13)7-4-3-5-8-15/h12-13H,3-11H2,1-2H3. The molecule has 1 aliphatic heterocycles. The highest BCUT2D eigenvalue weighted by molar-refractivity contribution is 8.00. The van der Waals surface area contributed by atoms with Crippen LogP contribution in [0.25, 0.3) is 0 Å². The predicted molar refractivity (Wildman–Crippen MR) is 78.5 cm³/mol. The molecule has 1 saturated carbocycles. The summed E-state index contributed by atoms with van der Waals surface area (Å²) in [4.78, 5) is 11.3. The van der Waals surface area contributed by atoms with Gasteiger partial charge in [-0.1, -0.05) is 26.2 Å². The number of methoxy groups -OCH3 is 1. The normalized spacial score (nSPS) is 28.0. The lowest BCUT2D eigenvalue weighted by atomic mass is 9.80. The Labute approximate surface area is 120 Å². The lowest BCUT2D eigenvalue weighted by molar-refractivity contribution is -0.140. The molecule has 2 unspecified atom stereocenters. The zero-order valence-corrected chi connectivity index (χ0v) is 13.0. The minimum Gasteiger partial charge on any atom is -0.469 e. The Morgan fingerprint density at radius 2 is 2.16 bits per heavy atom. The summed E-state index contributed by atoms with van der Waals surface area (Å²) < 4.78 is 10.9. The Balaban J connectivity index is 1.82. The van der Waals surface area contributed by atoms with E-state index in [1.807, 2.05) is 11.8 Å². The highest BCUT2D eigenvalue weighted by Gasteiger charge is 2.39. The second-order valence-electron chi connectivity index (χ2n) is 5.93. The Morgan fingerprint density at radius 1 is 1.42 bits per heavy atom. The molecule has 4 heteroatoms. The van der Waals surface area contributed by atoms with Crippen LogP contribution in [0.1, 0.15) is 58.3 Å². The van der Waals surface area contributed by atoms with E-state index in [-0.39, 0.29) is 11.6 Å². The summed E-state index contributed by atoms with van der Waals surface area (Å²) in [5, 5.41) is 0.989. The SMILES string of the molecule is COC(=O)CC(C)SC1CCOC2(CCCCC2)C1. The summed E-state index contributed by atoms with van der Waals surface area (Å²) in [6.45, 7) is 3.02. The number of rotatable bonds is 4. The van der Waals surface area contributed by atoms with Crippen LogP contribution in [0.15, 0.2) is 0 Å². The summed E-state index contributed by atoms with van der Waals surface area (Å²) in [6.07, 6.45) is 9.27. The first-order chi connectivity index (χ1) is 9.13. The molecule has 0 N–H and O–H groups in total. The van der Waals surface area contributed by atoms with E-state index in [9.17, 15) is 4.79 Å².